The van der Waals surface area contributed by atoms with Crippen LogP contribution >= 0.6 is 23.2 Å². The number of ether oxygens (including phenoxy) is 1. The molecule has 1 fully saturated rings. The molecule has 0 unspecified atom stereocenters. The van der Waals surface area contributed by atoms with E-state index in [-0.39, 0.29) is 10.9 Å². The fourth-order valence-electron chi connectivity index (χ4n) is 3.44. The topological polar surface area (TPSA) is 29.5 Å². The van der Waals surface area contributed by atoms with Crippen LogP contribution in [-0.2, 0) is 0 Å². The van der Waals surface area contributed by atoms with E-state index in [0.717, 1.165) is 12.2 Å². The van der Waals surface area contributed by atoms with Gasteiger partial charge in [0.15, 0.2) is 0 Å². The number of hydrogen-bond donors (Lipinski definition) is 0. The maximum absolute atomic E-state index is 15.1. The molecule has 0 aromatic heterocycles. The van der Waals surface area contributed by atoms with Crippen LogP contribution < -0.4 is 4.74 Å². The van der Waals surface area contributed by atoms with Gasteiger partial charge in [-0.3, -0.25) is 4.79 Å². The maximum atomic E-state index is 15.1. The molecule has 1 aliphatic heterocycles. The van der Waals surface area contributed by atoms with Gasteiger partial charge in [0.05, 0.1) is 11.6 Å². The number of alkyl halides is 1. The van der Waals surface area contributed by atoms with Crippen molar-refractivity contribution in [2.75, 3.05) is 19.7 Å². The van der Waals surface area contributed by atoms with Gasteiger partial charge in [-0.05, 0) is 74.6 Å². The molecule has 0 aliphatic carbocycles. The first kappa shape index (κ1) is 21.8. The lowest BCUT2D eigenvalue weighted by Crippen LogP contribution is -2.44. The monoisotopic (exact) mass is 441 g/mol. The number of unbranched alkanes of at least 4 members (excludes halogenated alkanes) is 1. The minimum absolute atomic E-state index is 0.0893. The van der Waals surface area contributed by atoms with Crippen molar-refractivity contribution < 1.29 is 18.3 Å². The van der Waals surface area contributed by atoms with Crippen LogP contribution in [0, 0.1) is 5.82 Å². The number of carbonyl (C=O) groups excluding carboxylic acids is 1. The van der Waals surface area contributed by atoms with Crippen molar-refractivity contribution in [3.05, 3.63) is 63.9 Å². The highest BCUT2D eigenvalue weighted by molar-refractivity contribution is 6.31. The predicted octanol–water partition coefficient (Wildman–Crippen LogP) is 6.33. The van der Waals surface area contributed by atoms with E-state index >= 15 is 4.39 Å². The highest BCUT2D eigenvalue weighted by Crippen LogP contribution is 2.32. The SMILES string of the molecule is O=C(c1ccc(F)c(Cl)c1)N1CCC(F)(CCCCOc2ccc(Cl)cc2)CC1. The molecule has 1 amide bonds. The summed E-state index contributed by atoms with van der Waals surface area (Å²) in [6.45, 7) is 1.20. The summed E-state index contributed by atoms with van der Waals surface area (Å²) in [5, 5.41) is 0.567. The van der Waals surface area contributed by atoms with E-state index in [1.165, 1.54) is 18.2 Å². The van der Waals surface area contributed by atoms with Gasteiger partial charge in [0, 0.05) is 23.7 Å². The summed E-state index contributed by atoms with van der Waals surface area (Å²) in [6.07, 6.45) is 2.51. The van der Waals surface area contributed by atoms with E-state index in [0.29, 0.717) is 56.0 Å². The number of hydrogen-bond acceptors (Lipinski definition) is 2. The van der Waals surface area contributed by atoms with Crippen LogP contribution in [0.15, 0.2) is 42.5 Å². The van der Waals surface area contributed by atoms with Gasteiger partial charge in [-0.25, -0.2) is 8.78 Å². The van der Waals surface area contributed by atoms with Crippen LogP contribution in [0.25, 0.3) is 0 Å². The Morgan fingerprint density at radius 1 is 1.07 bits per heavy atom. The van der Waals surface area contributed by atoms with Crippen molar-refractivity contribution in [1.29, 1.82) is 0 Å². The van der Waals surface area contributed by atoms with Gasteiger partial charge in [0.2, 0.25) is 0 Å². The fourth-order valence-corrected chi connectivity index (χ4v) is 3.74. The van der Waals surface area contributed by atoms with Crippen molar-refractivity contribution in [2.45, 2.75) is 37.8 Å². The molecular weight excluding hydrogens is 419 g/mol. The van der Waals surface area contributed by atoms with Crippen LogP contribution in [0.5, 0.6) is 5.75 Å². The third-order valence-electron chi connectivity index (χ3n) is 5.21. The number of rotatable bonds is 7. The van der Waals surface area contributed by atoms with Gasteiger partial charge in [0.25, 0.3) is 5.91 Å². The second kappa shape index (κ2) is 9.77. The van der Waals surface area contributed by atoms with Crippen LogP contribution in [0.4, 0.5) is 8.78 Å². The molecule has 156 valence electrons. The van der Waals surface area contributed by atoms with Crippen LogP contribution in [0.3, 0.4) is 0 Å². The predicted molar refractivity (Wildman–Crippen MR) is 111 cm³/mol. The second-order valence-electron chi connectivity index (χ2n) is 7.33. The molecule has 0 radical (unpaired) electrons. The number of carbonyl (C=O) groups is 1. The summed E-state index contributed by atoms with van der Waals surface area (Å²) in [7, 11) is 0. The van der Waals surface area contributed by atoms with Gasteiger partial charge in [0.1, 0.15) is 17.2 Å². The third-order valence-corrected chi connectivity index (χ3v) is 5.76. The quantitative estimate of drug-likeness (QED) is 0.470. The molecule has 0 N–H and O–H groups in total. The molecule has 1 saturated heterocycles. The summed E-state index contributed by atoms with van der Waals surface area (Å²) in [5.74, 6) is -0.0629. The summed E-state index contributed by atoms with van der Waals surface area (Å²) < 4.78 is 34.0. The van der Waals surface area contributed by atoms with E-state index in [4.69, 9.17) is 27.9 Å². The first-order valence-electron chi connectivity index (χ1n) is 9.68. The molecule has 1 aliphatic rings. The molecule has 1 heterocycles. The standard InChI is InChI=1S/C22H23Cl2F2NO2/c23-17-4-6-18(7-5-17)29-14-2-1-9-22(26)10-12-27(13-11-22)21(28)16-3-8-20(25)19(24)15-16/h3-8,15H,1-2,9-14H2. The van der Waals surface area contributed by atoms with E-state index in [2.05, 4.69) is 0 Å². The molecule has 2 aromatic rings. The summed E-state index contributed by atoms with van der Waals surface area (Å²) in [5.41, 5.74) is -0.945. The first-order chi connectivity index (χ1) is 13.9. The Kier molecular flexibility index (Phi) is 7.36. The zero-order chi connectivity index (χ0) is 20.9. The molecular formula is C22H23Cl2F2NO2. The smallest absolute Gasteiger partial charge is 0.253 e. The summed E-state index contributed by atoms with van der Waals surface area (Å²) in [6, 6.07) is 11.0. The fraction of sp³-hybridized carbons (Fsp3) is 0.409. The van der Waals surface area contributed by atoms with E-state index in [9.17, 15) is 9.18 Å². The summed E-state index contributed by atoms with van der Waals surface area (Å²) in [4.78, 5) is 14.1. The summed E-state index contributed by atoms with van der Waals surface area (Å²) >= 11 is 11.6. The van der Waals surface area contributed by atoms with Crippen molar-refractivity contribution >= 4 is 29.1 Å². The molecule has 0 atom stereocenters. The average Bonchev–Trinajstić information content (AvgIpc) is 2.71. The lowest BCUT2D eigenvalue weighted by Gasteiger charge is -2.36. The minimum atomic E-state index is -1.27. The van der Waals surface area contributed by atoms with E-state index < -0.39 is 11.5 Å². The van der Waals surface area contributed by atoms with Gasteiger partial charge in [-0.2, -0.15) is 0 Å². The Morgan fingerprint density at radius 3 is 2.41 bits per heavy atom. The highest BCUT2D eigenvalue weighted by atomic mass is 35.5. The molecule has 0 spiro atoms. The van der Waals surface area contributed by atoms with Crippen molar-refractivity contribution in [2.24, 2.45) is 0 Å². The number of benzene rings is 2. The lowest BCUT2D eigenvalue weighted by atomic mass is 9.88. The highest BCUT2D eigenvalue weighted by Gasteiger charge is 2.35. The molecule has 3 nitrogen and oxygen atoms in total. The third kappa shape index (κ3) is 6.06. The number of halogens is 4. The lowest BCUT2D eigenvalue weighted by molar-refractivity contribution is 0.0382. The van der Waals surface area contributed by atoms with Crippen LogP contribution in [-0.4, -0.2) is 36.2 Å². The second-order valence-corrected chi connectivity index (χ2v) is 8.18. The Balaban J connectivity index is 1.40. The van der Waals surface area contributed by atoms with Crippen molar-refractivity contribution in [3.8, 4) is 5.75 Å². The Hall–Kier alpha value is -1.85. The molecule has 0 bridgehead atoms. The Labute approximate surface area is 179 Å². The van der Waals surface area contributed by atoms with Crippen molar-refractivity contribution in [3.63, 3.8) is 0 Å². The normalized spacial score (nSPS) is 15.9. The zero-order valence-corrected chi connectivity index (χ0v) is 17.5. The molecule has 2 aromatic carbocycles. The molecule has 29 heavy (non-hydrogen) atoms. The molecule has 7 heteroatoms. The van der Waals surface area contributed by atoms with Gasteiger partial charge >= 0.3 is 0 Å². The average molecular weight is 442 g/mol. The Morgan fingerprint density at radius 2 is 1.76 bits per heavy atom. The number of amides is 1. The van der Waals surface area contributed by atoms with Crippen molar-refractivity contribution in [1.82, 2.24) is 4.90 Å². The minimum Gasteiger partial charge on any atom is -0.494 e. The van der Waals surface area contributed by atoms with Gasteiger partial charge < -0.3 is 9.64 Å². The van der Waals surface area contributed by atoms with E-state index in [1.807, 2.05) is 0 Å². The van der Waals surface area contributed by atoms with Crippen LogP contribution in [0.2, 0.25) is 10.0 Å². The number of likely N-dealkylation sites (tertiary alicyclic amines) is 1. The van der Waals surface area contributed by atoms with Gasteiger partial charge in [-0.15, -0.1) is 0 Å². The maximum Gasteiger partial charge on any atom is 0.253 e. The Bertz CT molecular complexity index is 837. The first-order valence-corrected chi connectivity index (χ1v) is 10.4. The van der Waals surface area contributed by atoms with E-state index in [1.54, 1.807) is 29.2 Å². The van der Waals surface area contributed by atoms with Gasteiger partial charge in [-0.1, -0.05) is 23.2 Å². The molecule has 0 saturated carbocycles. The largest absolute Gasteiger partial charge is 0.494 e. The molecule has 3 rings (SSSR count). The number of nitrogens with zero attached hydrogens (tertiary/aromatic N) is 1. The van der Waals surface area contributed by atoms with Crippen LogP contribution in [0.1, 0.15) is 42.5 Å². The zero-order valence-electron chi connectivity index (χ0n) is 16.0. The number of piperidine rings is 1.